The molecule has 20 heavy (non-hydrogen) atoms. The minimum absolute atomic E-state index is 0.0412. The van der Waals surface area contributed by atoms with Gasteiger partial charge in [0.05, 0.1) is 19.4 Å². The van der Waals surface area contributed by atoms with E-state index in [9.17, 15) is 9.59 Å². The zero-order chi connectivity index (χ0) is 14.5. The Morgan fingerprint density at radius 1 is 1.40 bits per heavy atom. The van der Waals surface area contributed by atoms with Crippen molar-refractivity contribution in [3.05, 3.63) is 29.8 Å². The number of benzene rings is 1. The second-order valence-electron chi connectivity index (χ2n) is 5.01. The highest BCUT2D eigenvalue weighted by molar-refractivity contribution is 5.80. The standard InChI is InChI=1S/C15H19NO4/c1-20-13-7-3-2-5-11(13)9-14(17)16-8-4-6-12(10-16)15(18)19/h2-3,5,7,12H,4,6,8-10H2,1H3,(H,18,19). The van der Waals surface area contributed by atoms with E-state index in [0.717, 1.165) is 12.0 Å². The van der Waals surface area contributed by atoms with Gasteiger partial charge in [-0.15, -0.1) is 0 Å². The Morgan fingerprint density at radius 3 is 2.85 bits per heavy atom. The maximum atomic E-state index is 12.3. The SMILES string of the molecule is COc1ccccc1CC(=O)N1CCCC(C(=O)O)C1. The molecule has 0 saturated carbocycles. The average molecular weight is 277 g/mol. The quantitative estimate of drug-likeness (QED) is 0.907. The Morgan fingerprint density at radius 2 is 2.15 bits per heavy atom. The van der Waals surface area contributed by atoms with Crippen LogP contribution in [-0.2, 0) is 16.0 Å². The molecule has 1 heterocycles. The molecular formula is C15H19NO4. The number of carboxylic acid groups (broad SMARTS) is 1. The highest BCUT2D eigenvalue weighted by Gasteiger charge is 2.28. The number of rotatable bonds is 4. The molecule has 5 nitrogen and oxygen atoms in total. The molecule has 5 heteroatoms. The molecule has 1 amide bonds. The van der Waals surface area contributed by atoms with Gasteiger partial charge >= 0.3 is 5.97 Å². The van der Waals surface area contributed by atoms with Gasteiger partial charge in [-0.05, 0) is 18.9 Å². The number of para-hydroxylation sites is 1. The van der Waals surface area contributed by atoms with Crippen LogP contribution in [0.25, 0.3) is 0 Å². The number of methoxy groups -OCH3 is 1. The molecule has 1 atom stereocenters. The Kier molecular flexibility index (Phi) is 4.61. The summed E-state index contributed by atoms with van der Waals surface area (Å²) >= 11 is 0. The zero-order valence-electron chi connectivity index (χ0n) is 11.5. The lowest BCUT2D eigenvalue weighted by Gasteiger charge is -2.30. The topological polar surface area (TPSA) is 66.8 Å². The van der Waals surface area contributed by atoms with Gasteiger partial charge in [-0.3, -0.25) is 9.59 Å². The molecule has 1 aliphatic heterocycles. The molecule has 1 aliphatic rings. The smallest absolute Gasteiger partial charge is 0.308 e. The molecule has 0 spiro atoms. The minimum atomic E-state index is -0.820. The molecular weight excluding hydrogens is 258 g/mol. The normalized spacial score (nSPS) is 18.6. The van der Waals surface area contributed by atoms with Crippen molar-refractivity contribution in [3.63, 3.8) is 0 Å². The number of carbonyl (C=O) groups is 2. The van der Waals surface area contributed by atoms with Crippen LogP contribution >= 0.6 is 0 Å². The summed E-state index contributed by atoms with van der Waals surface area (Å²) in [5.74, 6) is -0.613. The fourth-order valence-electron chi connectivity index (χ4n) is 2.53. The second kappa shape index (κ2) is 6.41. The molecule has 0 aliphatic carbocycles. The summed E-state index contributed by atoms with van der Waals surface area (Å²) in [5, 5.41) is 9.05. The lowest BCUT2D eigenvalue weighted by atomic mass is 9.97. The van der Waals surface area contributed by atoms with E-state index in [-0.39, 0.29) is 12.3 Å². The third kappa shape index (κ3) is 3.29. The van der Waals surface area contributed by atoms with Crippen LogP contribution in [-0.4, -0.2) is 42.1 Å². The van der Waals surface area contributed by atoms with E-state index < -0.39 is 11.9 Å². The van der Waals surface area contributed by atoms with Gasteiger partial charge in [0.15, 0.2) is 0 Å². The van der Waals surface area contributed by atoms with Gasteiger partial charge in [-0.2, -0.15) is 0 Å². The van der Waals surface area contributed by atoms with Crippen molar-refractivity contribution in [1.82, 2.24) is 4.90 Å². The Labute approximate surface area is 118 Å². The third-order valence-electron chi connectivity index (χ3n) is 3.66. The fraction of sp³-hybridized carbons (Fsp3) is 0.467. The highest BCUT2D eigenvalue weighted by atomic mass is 16.5. The summed E-state index contributed by atoms with van der Waals surface area (Å²) in [5.41, 5.74) is 0.831. The maximum Gasteiger partial charge on any atom is 0.308 e. The van der Waals surface area contributed by atoms with E-state index >= 15 is 0 Å². The lowest BCUT2D eigenvalue weighted by molar-refractivity contribution is -0.145. The van der Waals surface area contributed by atoms with Crippen molar-refractivity contribution in [2.45, 2.75) is 19.3 Å². The monoisotopic (exact) mass is 277 g/mol. The van der Waals surface area contributed by atoms with Crippen molar-refractivity contribution in [2.75, 3.05) is 20.2 Å². The average Bonchev–Trinajstić information content (AvgIpc) is 2.48. The van der Waals surface area contributed by atoms with Gasteiger partial charge in [0, 0.05) is 18.7 Å². The van der Waals surface area contributed by atoms with Crippen molar-refractivity contribution >= 4 is 11.9 Å². The number of piperidine rings is 1. The predicted molar refractivity (Wildman–Crippen MR) is 73.6 cm³/mol. The van der Waals surface area contributed by atoms with E-state index in [4.69, 9.17) is 9.84 Å². The molecule has 1 unspecified atom stereocenters. The Hall–Kier alpha value is -2.04. The van der Waals surface area contributed by atoms with Crippen LogP contribution in [0.4, 0.5) is 0 Å². The first-order valence-corrected chi connectivity index (χ1v) is 6.74. The Balaban J connectivity index is 2.02. The summed E-state index contributed by atoms with van der Waals surface area (Å²) in [6, 6.07) is 7.39. The van der Waals surface area contributed by atoms with Crippen molar-refractivity contribution in [1.29, 1.82) is 0 Å². The molecule has 108 valence electrons. The van der Waals surface area contributed by atoms with Crippen LogP contribution in [0, 0.1) is 5.92 Å². The molecule has 0 aromatic heterocycles. The van der Waals surface area contributed by atoms with Crippen LogP contribution in [0.3, 0.4) is 0 Å². The van der Waals surface area contributed by atoms with Crippen molar-refractivity contribution in [2.24, 2.45) is 5.92 Å². The van der Waals surface area contributed by atoms with Gasteiger partial charge in [0.2, 0.25) is 5.91 Å². The van der Waals surface area contributed by atoms with Crippen molar-refractivity contribution < 1.29 is 19.4 Å². The first kappa shape index (κ1) is 14.4. The van der Waals surface area contributed by atoms with Crippen molar-refractivity contribution in [3.8, 4) is 5.75 Å². The van der Waals surface area contributed by atoms with E-state index in [2.05, 4.69) is 0 Å². The van der Waals surface area contributed by atoms with Gasteiger partial charge < -0.3 is 14.7 Å². The first-order valence-electron chi connectivity index (χ1n) is 6.74. The van der Waals surface area contributed by atoms with Gasteiger partial charge in [-0.25, -0.2) is 0 Å². The fourth-order valence-corrected chi connectivity index (χ4v) is 2.53. The molecule has 0 radical (unpaired) electrons. The maximum absolute atomic E-state index is 12.3. The molecule has 2 rings (SSSR count). The number of ether oxygens (including phenoxy) is 1. The number of likely N-dealkylation sites (tertiary alicyclic amines) is 1. The number of aliphatic carboxylic acids is 1. The molecule has 1 saturated heterocycles. The summed E-state index contributed by atoms with van der Waals surface area (Å²) in [6.45, 7) is 0.946. The number of hydrogen-bond donors (Lipinski definition) is 1. The van der Waals surface area contributed by atoms with E-state index in [1.54, 1.807) is 12.0 Å². The summed E-state index contributed by atoms with van der Waals surface area (Å²) in [4.78, 5) is 25.0. The second-order valence-corrected chi connectivity index (χ2v) is 5.01. The number of carbonyl (C=O) groups excluding carboxylic acids is 1. The zero-order valence-corrected chi connectivity index (χ0v) is 11.5. The van der Waals surface area contributed by atoms with E-state index in [0.29, 0.717) is 25.3 Å². The van der Waals surface area contributed by atoms with E-state index in [1.165, 1.54) is 0 Å². The molecule has 1 fully saturated rings. The number of hydrogen-bond acceptors (Lipinski definition) is 3. The van der Waals surface area contributed by atoms with Crippen LogP contribution in [0.5, 0.6) is 5.75 Å². The van der Waals surface area contributed by atoms with Crippen LogP contribution in [0.15, 0.2) is 24.3 Å². The Bertz CT molecular complexity index is 500. The number of carboxylic acids is 1. The summed E-state index contributed by atoms with van der Waals surface area (Å²) in [6.07, 6.45) is 1.64. The van der Waals surface area contributed by atoms with Crippen LogP contribution in [0.2, 0.25) is 0 Å². The predicted octanol–water partition coefficient (Wildman–Crippen LogP) is 1.56. The first-order chi connectivity index (χ1) is 9.61. The summed E-state index contributed by atoms with van der Waals surface area (Å²) in [7, 11) is 1.57. The number of nitrogens with zero attached hydrogens (tertiary/aromatic N) is 1. The highest BCUT2D eigenvalue weighted by Crippen LogP contribution is 2.21. The lowest BCUT2D eigenvalue weighted by Crippen LogP contribution is -2.43. The molecule has 0 bridgehead atoms. The third-order valence-corrected chi connectivity index (χ3v) is 3.66. The molecule has 1 aromatic carbocycles. The largest absolute Gasteiger partial charge is 0.496 e. The van der Waals surface area contributed by atoms with E-state index in [1.807, 2.05) is 24.3 Å². The van der Waals surface area contributed by atoms with Gasteiger partial charge in [0.25, 0.3) is 0 Å². The van der Waals surface area contributed by atoms with Gasteiger partial charge in [-0.1, -0.05) is 18.2 Å². The summed E-state index contributed by atoms with van der Waals surface area (Å²) < 4.78 is 5.23. The number of amides is 1. The van der Waals surface area contributed by atoms with Crippen LogP contribution in [0.1, 0.15) is 18.4 Å². The van der Waals surface area contributed by atoms with Gasteiger partial charge in [0.1, 0.15) is 5.75 Å². The minimum Gasteiger partial charge on any atom is -0.496 e. The van der Waals surface area contributed by atoms with Crippen LogP contribution < -0.4 is 4.74 Å². The molecule has 1 N–H and O–H groups in total. The molecule has 1 aromatic rings.